The van der Waals surface area contributed by atoms with Crippen molar-refractivity contribution in [1.82, 2.24) is 24.4 Å². The normalized spacial score (nSPS) is 16.2. The van der Waals surface area contributed by atoms with Crippen LogP contribution in [0.3, 0.4) is 0 Å². The van der Waals surface area contributed by atoms with Gasteiger partial charge in [0.2, 0.25) is 16.7 Å². The molecule has 0 amide bonds. The van der Waals surface area contributed by atoms with Crippen molar-refractivity contribution in [3.8, 4) is 17.5 Å². The van der Waals surface area contributed by atoms with Gasteiger partial charge in [-0.3, -0.25) is 9.80 Å². The van der Waals surface area contributed by atoms with Crippen LogP contribution in [0.5, 0.6) is 5.88 Å². The molecule has 7 nitrogen and oxygen atoms in total. The Morgan fingerprint density at radius 2 is 1.65 bits per heavy atom. The van der Waals surface area contributed by atoms with E-state index in [1.54, 1.807) is 12.3 Å². The van der Waals surface area contributed by atoms with E-state index in [2.05, 4.69) is 74.5 Å². The Balaban J connectivity index is 1.28. The molecular formula is C26H25N5O2S. The number of piperazine rings is 1. The SMILES string of the molecule is Oc1c(C(c2ccccc2)N2CCN(Cc3ccccc3)CC2)sc2nc(-c3ccco3)nn12. The Labute approximate surface area is 201 Å². The number of benzene rings is 2. The number of furan rings is 1. The monoisotopic (exact) mass is 471 g/mol. The number of hydrogen-bond donors (Lipinski definition) is 1. The van der Waals surface area contributed by atoms with Gasteiger partial charge in [-0.2, -0.15) is 9.50 Å². The number of fused-ring (bicyclic) bond motifs is 1. The van der Waals surface area contributed by atoms with Gasteiger partial charge in [0.15, 0.2) is 5.76 Å². The summed E-state index contributed by atoms with van der Waals surface area (Å²) in [7, 11) is 0. The third-order valence-electron chi connectivity index (χ3n) is 6.33. The fourth-order valence-corrected chi connectivity index (χ4v) is 5.74. The number of nitrogens with zero attached hydrogens (tertiary/aromatic N) is 5. The molecule has 0 saturated carbocycles. The van der Waals surface area contributed by atoms with E-state index in [-0.39, 0.29) is 11.9 Å². The Kier molecular flexibility index (Phi) is 5.62. The van der Waals surface area contributed by atoms with Crippen LogP contribution in [0.1, 0.15) is 22.0 Å². The molecule has 3 aromatic heterocycles. The number of aromatic nitrogens is 3. The summed E-state index contributed by atoms with van der Waals surface area (Å²) in [5.41, 5.74) is 2.50. The Hall–Kier alpha value is -3.46. The van der Waals surface area contributed by atoms with Gasteiger partial charge in [-0.1, -0.05) is 72.0 Å². The van der Waals surface area contributed by atoms with Crippen LogP contribution in [-0.2, 0) is 6.54 Å². The minimum Gasteiger partial charge on any atom is -0.492 e. The average molecular weight is 472 g/mol. The van der Waals surface area contributed by atoms with Crippen molar-refractivity contribution in [2.45, 2.75) is 12.6 Å². The Bertz CT molecular complexity index is 1360. The van der Waals surface area contributed by atoms with Crippen LogP contribution >= 0.6 is 11.3 Å². The van der Waals surface area contributed by atoms with Crippen LogP contribution in [0.15, 0.2) is 83.5 Å². The number of rotatable bonds is 6. The van der Waals surface area contributed by atoms with Crippen molar-refractivity contribution in [1.29, 1.82) is 0 Å². The van der Waals surface area contributed by atoms with Gasteiger partial charge in [0.05, 0.1) is 17.2 Å². The van der Waals surface area contributed by atoms with Gasteiger partial charge < -0.3 is 9.52 Å². The second-order valence-corrected chi connectivity index (χ2v) is 9.52. The van der Waals surface area contributed by atoms with Gasteiger partial charge >= 0.3 is 0 Å². The zero-order chi connectivity index (χ0) is 22.9. The van der Waals surface area contributed by atoms with E-state index in [9.17, 15) is 5.11 Å². The average Bonchev–Trinajstić information content (AvgIpc) is 3.61. The summed E-state index contributed by atoms with van der Waals surface area (Å²) in [5, 5.41) is 15.7. The molecule has 0 aliphatic carbocycles. The summed E-state index contributed by atoms with van der Waals surface area (Å²) >= 11 is 1.48. The van der Waals surface area contributed by atoms with E-state index in [1.807, 2.05) is 12.1 Å². The molecule has 6 rings (SSSR count). The molecule has 1 aliphatic heterocycles. The van der Waals surface area contributed by atoms with Crippen LogP contribution in [-0.4, -0.2) is 55.7 Å². The summed E-state index contributed by atoms with van der Waals surface area (Å²) < 4.78 is 6.95. The molecule has 0 radical (unpaired) electrons. The molecule has 1 saturated heterocycles. The molecule has 1 atom stereocenters. The Morgan fingerprint density at radius 3 is 2.32 bits per heavy atom. The first-order valence-corrected chi connectivity index (χ1v) is 12.3. The maximum Gasteiger partial charge on any atom is 0.230 e. The van der Waals surface area contributed by atoms with Crippen LogP contribution in [0.4, 0.5) is 0 Å². The standard InChI is InChI=1S/C26H25N5O2S/c32-25-23(34-26-27-24(28-31(25)26)21-12-7-17-33-21)22(20-10-5-2-6-11-20)30-15-13-29(14-16-30)18-19-8-3-1-4-9-19/h1-12,17,22,32H,13-16,18H2. The lowest BCUT2D eigenvalue weighted by atomic mass is 10.0. The molecule has 34 heavy (non-hydrogen) atoms. The van der Waals surface area contributed by atoms with Gasteiger partial charge in [0.25, 0.3) is 0 Å². The number of thiazole rings is 1. The van der Waals surface area contributed by atoms with E-state index in [0.29, 0.717) is 16.5 Å². The molecule has 0 bridgehead atoms. The lowest BCUT2D eigenvalue weighted by Gasteiger charge is -2.39. The van der Waals surface area contributed by atoms with Crippen molar-refractivity contribution in [3.05, 3.63) is 95.1 Å². The molecule has 1 N–H and O–H groups in total. The number of hydrogen-bond acceptors (Lipinski definition) is 7. The summed E-state index contributed by atoms with van der Waals surface area (Å²) in [6.45, 7) is 4.74. The molecular weight excluding hydrogens is 446 g/mol. The lowest BCUT2D eigenvalue weighted by molar-refractivity contribution is 0.105. The number of aromatic hydroxyl groups is 1. The zero-order valence-corrected chi connectivity index (χ0v) is 19.4. The van der Waals surface area contributed by atoms with Crippen molar-refractivity contribution >= 4 is 16.3 Å². The minimum absolute atomic E-state index is 0.0550. The minimum atomic E-state index is -0.0550. The molecule has 172 valence electrons. The summed E-state index contributed by atoms with van der Waals surface area (Å²) in [4.78, 5) is 11.1. The fraction of sp³-hybridized carbons (Fsp3) is 0.231. The first kappa shape index (κ1) is 21.1. The fourth-order valence-electron chi connectivity index (χ4n) is 4.62. The second-order valence-electron chi connectivity index (χ2n) is 8.51. The molecule has 8 heteroatoms. The molecule has 1 aliphatic rings. The highest BCUT2D eigenvalue weighted by Crippen LogP contribution is 2.40. The van der Waals surface area contributed by atoms with Gasteiger partial charge in [-0.05, 0) is 23.3 Å². The maximum absolute atomic E-state index is 11.2. The van der Waals surface area contributed by atoms with E-state index in [1.165, 1.54) is 21.4 Å². The van der Waals surface area contributed by atoms with Crippen LogP contribution < -0.4 is 0 Å². The topological polar surface area (TPSA) is 70.0 Å². The van der Waals surface area contributed by atoms with Gasteiger partial charge in [0, 0.05) is 32.7 Å². The largest absolute Gasteiger partial charge is 0.492 e. The predicted molar refractivity (Wildman–Crippen MR) is 132 cm³/mol. The molecule has 4 heterocycles. The van der Waals surface area contributed by atoms with Crippen LogP contribution in [0, 0.1) is 0 Å². The third kappa shape index (κ3) is 4.00. The smallest absolute Gasteiger partial charge is 0.230 e. The quantitative estimate of drug-likeness (QED) is 0.388. The van der Waals surface area contributed by atoms with Crippen molar-refractivity contribution in [2.75, 3.05) is 26.2 Å². The maximum atomic E-state index is 11.2. The van der Waals surface area contributed by atoms with E-state index >= 15 is 0 Å². The van der Waals surface area contributed by atoms with Crippen molar-refractivity contribution in [2.24, 2.45) is 0 Å². The van der Waals surface area contributed by atoms with E-state index in [4.69, 9.17) is 4.42 Å². The first-order valence-electron chi connectivity index (χ1n) is 11.4. The van der Waals surface area contributed by atoms with Crippen molar-refractivity contribution < 1.29 is 9.52 Å². The Morgan fingerprint density at radius 1 is 0.912 bits per heavy atom. The summed E-state index contributed by atoms with van der Waals surface area (Å²) in [6.07, 6.45) is 1.60. The van der Waals surface area contributed by atoms with E-state index in [0.717, 1.165) is 43.2 Å². The molecule has 1 unspecified atom stereocenters. The zero-order valence-electron chi connectivity index (χ0n) is 18.6. The van der Waals surface area contributed by atoms with Gasteiger partial charge in [-0.15, -0.1) is 5.10 Å². The molecule has 5 aromatic rings. The summed E-state index contributed by atoms with van der Waals surface area (Å²) in [5.74, 6) is 1.21. The van der Waals surface area contributed by atoms with E-state index < -0.39 is 0 Å². The molecule has 2 aromatic carbocycles. The lowest BCUT2D eigenvalue weighted by Crippen LogP contribution is -2.47. The second kappa shape index (κ2) is 9.06. The van der Waals surface area contributed by atoms with Crippen LogP contribution in [0.25, 0.3) is 16.5 Å². The summed E-state index contributed by atoms with van der Waals surface area (Å²) in [6, 6.07) is 24.6. The van der Waals surface area contributed by atoms with Gasteiger partial charge in [0.1, 0.15) is 0 Å². The predicted octanol–water partition coefficient (Wildman–Crippen LogP) is 4.66. The highest BCUT2D eigenvalue weighted by atomic mass is 32.1. The van der Waals surface area contributed by atoms with Gasteiger partial charge in [-0.25, -0.2) is 0 Å². The highest BCUT2D eigenvalue weighted by molar-refractivity contribution is 7.17. The highest BCUT2D eigenvalue weighted by Gasteiger charge is 2.32. The first-order chi connectivity index (χ1) is 16.8. The molecule has 0 spiro atoms. The van der Waals surface area contributed by atoms with Crippen molar-refractivity contribution in [3.63, 3.8) is 0 Å². The molecule has 1 fully saturated rings. The van der Waals surface area contributed by atoms with Crippen LogP contribution in [0.2, 0.25) is 0 Å². The third-order valence-corrected chi connectivity index (χ3v) is 7.40.